The van der Waals surface area contributed by atoms with E-state index in [2.05, 4.69) is 20.2 Å². The number of fused-ring (bicyclic) bond motifs is 1. The van der Waals surface area contributed by atoms with E-state index in [1.165, 1.54) is 13.3 Å². The summed E-state index contributed by atoms with van der Waals surface area (Å²) in [6, 6.07) is 12.9. The van der Waals surface area contributed by atoms with Crippen LogP contribution in [0.3, 0.4) is 0 Å². The SMILES string of the molecule is COc1ccc2ncc(F)c(CCN3C[C@@H](CNC(=O)OCc4ccccc4)[C@H](O)C3)c2n1. The zero-order valence-corrected chi connectivity index (χ0v) is 18.4. The Morgan fingerprint density at radius 3 is 2.85 bits per heavy atom. The molecule has 1 aliphatic rings. The number of ether oxygens (including phenoxy) is 2. The minimum Gasteiger partial charge on any atom is -0.481 e. The lowest BCUT2D eigenvalue weighted by Crippen LogP contribution is -2.34. The lowest BCUT2D eigenvalue weighted by atomic mass is 10.1. The van der Waals surface area contributed by atoms with E-state index in [9.17, 15) is 14.3 Å². The molecule has 9 heteroatoms. The van der Waals surface area contributed by atoms with Crippen molar-refractivity contribution in [3.05, 3.63) is 65.6 Å². The minimum atomic E-state index is -0.586. The normalized spacial score (nSPS) is 18.4. The van der Waals surface area contributed by atoms with E-state index in [4.69, 9.17) is 9.47 Å². The summed E-state index contributed by atoms with van der Waals surface area (Å²) in [6.45, 7) is 2.07. The second-order valence-electron chi connectivity index (χ2n) is 8.09. The molecule has 4 rings (SSSR count). The highest BCUT2D eigenvalue weighted by Gasteiger charge is 2.31. The first-order valence-corrected chi connectivity index (χ1v) is 10.9. The van der Waals surface area contributed by atoms with Crippen molar-refractivity contribution in [2.24, 2.45) is 5.92 Å². The Morgan fingerprint density at radius 1 is 1.24 bits per heavy atom. The monoisotopic (exact) mass is 454 g/mol. The fourth-order valence-electron chi connectivity index (χ4n) is 4.01. The second kappa shape index (κ2) is 10.5. The maximum Gasteiger partial charge on any atom is 0.407 e. The molecule has 1 amide bonds. The molecule has 8 nitrogen and oxygen atoms in total. The molecular formula is C24H27FN4O4. The van der Waals surface area contributed by atoms with E-state index in [0.29, 0.717) is 55.1 Å². The molecule has 174 valence electrons. The predicted octanol–water partition coefficient (Wildman–Crippen LogP) is 2.54. The Labute approximate surface area is 191 Å². The van der Waals surface area contributed by atoms with Crippen LogP contribution in [0.4, 0.5) is 9.18 Å². The van der Waals surface area contributed by atoms with Crippen LogP contribution in [0.25, 0.3) is 11.0 Å². The van der Waals surface area contributed by atoms with E-state index >= 15 is 0 Å². The van der Waals surface area contributed by atoms with Crippen LogP contribution in [0.2, 0.25) is 0 Å². The van der Waals surface area contributed by atoms with Crippen molar-refractivity contribution in [2.45, 2.75) is 19.1 Å². The molecule has 3 aromatic rings. The highest BCUT2D eigenvalue weighted by Crippen LogP contribution is 2.23. The van der Waals surface area contributed by atoms with E-state index in [-0.39, 0.29) is 12.5 Å². The number of benzene rings is 1. The van der Waals surface area contributed by atoms with E-state index in [1.54, 1.807) is 12.1 Å². The summed E-state index contributed by atoms with van der Waals surface area (Å²) in [4.78, 5) is 22.5. The van der Waals surface area contributed by atoms with Crippen molar-refractivity contribution in [2.75, 3.05) is 33.3 Å². The van der Waals surface area contributed by atoms with Gasteiger partial charge in [0.2, 0.25) is 5.88 Å². The largest absolute Gasteiger partial charge is 0.481 e. The van der Waals surface area contributed by atoms with E-state index in [0.717, 1.165) is 5.56 Å². The minimum absolute atomic E-state index is 0.133. The molecule has 2 atom stereocenters. The number of aliphatic hydroxyl groups excluding tert-OH is 1. The standard InChI is InChI=1S/C24H27FN4O4/c1-32-22-8-7-20-23(28-22)18(19(25)12-26-20)9-10-29-13-17(21(30)14-29)11-27-24(31)33-15-16-5-3-2-4-6-16/h2-8,12,17,21,30H,9-11,13-15H2,1H3,(H,27,31)/t17-,21-/m1/s1. The van der Waals surface area contributed by atoms with Gasteiger partial charge in [-0.3, -0.25) is 9.88 Å². The number of aromatic nitrogens is 2. The van der Waals surface area contributed by atoms with Crippen LogP contribution in [0.15, 0.2) is 48.7 Å². The van der Waals surface area contributed by atoms with E-state index in [1.807, 2.05) is 30.3 Å². The predicted molar refractivity (Wildman–Crippen MR) is 120 cm³/mol. The lowest BCUT2D eigenvalue weighted by Gasteiger charge is -2.17. The van der Waals surface area contributed by atoms with Gasteiger partial charge in [-0.15, -0.1) is 0 Å². The van der Waals surface area contributed by atoms with Gasteiger partial charge in [0.1, 0.15) is 12.4 Å². The number of hydrogen-bond donors (Lipinski definition) is 2. The number of halogens is 1. The quantitative estimate of drug-likeness (QED) is 0.540. The molecule has 1 aromatic carbocycles. The number of likely N-dealkylation sites (tertiary alicyclic amines) is 1. The van der Waals surface area contributed by atoms with Gasteiger partial charge >= 0.3 is 6.09 Å². The van der Waals surface area contributed by atoms with Gasteiger partial charge in [0, 0.05) is 43.7 Å². The maximum absolute atomic E-state index is 14.5. The summed E-state index contributed by atoms with van der Waals surface area (Å²) in [6.07, 6.45) is 0.515. The number of nitrogens with one attached hydrogen (secondary N) is 1. The molecule has 0 unspecified atom stereocenters. The van der Waals surface area contributed by atoms with Gasteiger partial charge in [0.25, 0.3) is 0 Å². The summed E-state index contributed by atoms with van der Waals surface area (Å²) >= 11 is 0. The number of pyridine rings is 2. The maximum atomic E-state index is 14.5. The number of amides is 1. The third-order valence-electron chi connectivity index (χ3n) is 5.83. The summed E-state index contributed by atoms with van der Waals surface area (Å²) in [5.41, 5.74) is 2.46. The van der Waals surface area contributed by atoms with Gasteiger partial charge in [0.05, 0.1) is 30.4 Å². The fraction of sp³-hybridized carbons (Fsp3) is 0.375. The van der Waals surface area contributed by atoms with Crippen molar-refractivity contribution in [3.8, 4) is 5.88 Å². The number of nitrogens with zero attached hydrogens (tertiary/aromatic N) is 3. The number of alkyl carbamates (subject to hydrolysis) is 1. The van der Waals surface area contributed by atoms with Crippen molar-refractivity contribution in [1.82, 2.24) is 20.2 Å². The van der Waals surface area contributed by atoms with Gasteiger partial charge in [-0.05, 0) is 18.1 Å². The van der Waals surface area contributed by atoms with Gasteiger partial charge in [-0.25, -0.2) is 14.2 Å². The molecule has 0 radical (unpaired) electrons. The molecule has 0 aliphatic carbocycles. The van der Waals surface area contributed by atoms with Crippen LogP contribution in [-0.4, -0.2) is 65.5 Å². The molecule has 1 fully saturated rings. The number of β-amino-alcohol motifs (C(OH)–C–C–N with tert-alkyl or cyclic N) is 1. The van der Waals surface area contributed by atoms with Crippen molar-refractivity contribution in [1.29, 1.82) is 0 Å². The van der Waals surface area contributed by atoms with Gasteiger partial charge in [-0.2, -0.15) is 0 Å². The first-order chi connectivity index (χ1) is 16.0. The molecule has 1 aliphatic heterocycles. The average Bonchev–Trinajstić information content (AvgIpc) is 3.20. The second-order valence-corrected chi connectivity index (χ2v) is 8.09. The van der Waals surface area contributed by atoms with Crippen LogP contribution in [0.1, 0.15) is 11.1 Å². The van der Waals surface area contributed by atoms with Crippen molar-refractivity contribution in [3.63, 3.8) is 0 Å². The third-order valence-corrected chi connectivity index (χ3v) is 5.83. The Kier molecular flexibility index (Phi) is 7.31. The molecular weight excluding hydrogens is 427 g/mol. The van der Waals surface area contributed by atoms with Gasteiger partial charge < -0.3 is 19.9 Å². The molecule has 3 heterocycles. The number of carbonyl (C=O) groups is 1. The topological polar surface area (TPSA) is 96.8 Å². The summed E-state index contributed by atoms with van der Waals surface area (Å²) in [5, 5.41) is 13.2. The number of hydrogen-bond acceptors (Lipinski definition) is 7. The molecule has 0 bridgehead atoms. The van der Waals surface area contributed by atoms with Crippen LogP contribution in [0, 0.1) is 11.7 Å². The highest BCUT2D eigenvalue weighted by atomic mass is 19.1. The van der Waals surface area contributed by atoms with Crippen LogP contribution in [-0.2, 0) is 17.8 Å². The molecule has 0 spiro atoms. The molecule has 2 N–H and O–H groups in total. The number of aliphatic hydroxyl groups is 1. The number of rotatable bonds is 8. The Hall–Kier alpha value is -3.30. The first-order valence-electron chi connectivity index (χ1n) is 10.9. The van der Waals surface area contributed by atoms with Crippen molar-refractivity contribution < 1.29 is 23.8 Å². The van der Waals surface area contributed by atoms with Gasteiger partial charge in [-0.1, -0.05) is 30.3 Å². The van der Waals surface area contributed by atoms with Crippen LogP contribution >= 0.6 is 0 Å². The number of carbonyl (C=O) groups excluding carboxylic acids is 1. The van der Waals surface area contributed by atoms with E-state index < -0.39 is 18.0 Å². The Morgan fingerprint density at radius 2 is 2.06 bits per heavy atom. The smallest absolute Gasteiger partial charge is 0.407 e. The summed E-state index contributed by atoms with van der Waals surface area (Å²) in [5.74, 6) is -0.146. The average molecular weight is 455 g/mol. The first kappa shape index (κ1) is 22.9. The fourth-order valence-corrected chi connectivity index (χ4v) is 4.01. The molecule has 2 aromatic heterocycles. The zero-order valence-electron chi connectivity index (χ0n) is 18.4. The molecule has 33 heavy (non-hydrogen) atoms. The summed E-state index contributed by atoms with van der Waals surface area (Å²) < 4.78 is 24.9. The zero-order chi connectivity index (χ0) is 23.2. The number of methoxy groups -OCH3 is 1. The van der Waals surface area contributed by atoms with Crippen molar-refractivity contribution >= 4 is 17.1 Å². The van der Waals surface area contributed by atoms with Crippen LogP contribution < -0.4 is 10.1 Å². The highest BCUT2D eigenvalue weighted by molar-refractivity contribution is 5.78. The molecule has 1 saturated heterocycles. The van der Waals surface area contributed by atoms with Crippen LogP contribution in [0.5, 0.6) is 5.88 Å². The van der Waals surface area contributed by atoms with Gasteiger partial charge in [0.15, 0.2) is 0 Å². The summed E-state index contributed by atoms with van der Waals surface area (Å²) in [7, 11) is 1.51. The Bertz CT molecular complexity index is 1100. The lowest BCUT2D eigenvalue weighted by molar-refractivity contribution is 0.124. The third kappa shape index (κ3) is 5.74. The Balaban J connectivity index is 1.29. The molecule has 0 saturated carbocycles.